The molecular formula is C31H62N2O3. The van der Waals surface area contributed by atoms with Crippen molar-refractivity contribution in [3.8, 4) is 0 Å². The fourth-order valence-corrected chi connectivity index (χ4v) is 4.84. The first-order valence-corrected chi connectivity index (χ1v) is 15.6. The molecule has 0 radical (unpaired) electrons. The van der Waals surface area contributed by atoms with Gasteiger partial charge in [-0.05, 0) is 45.3 Å². The van der Waals surface area contributed by atoms with Crippen molar-refractivity contribution < 1.29 is 14.3 Å². The van der Waals surface area contributed by atoms with Crippen molar-refractivity contribution in [2.24, 2.45) is 0 Å². The zero-order chi connectivity index (χ0) is 26.5. The van der Waals surface area contributed by atoms with Crippen LogP contribution in [0.3, 0.4) is 0 Å². The van der Waals surface area contributed by atoms with Crippen molar-refractivity contribution in [2.75, 3.05) is 46.4 Å². The smallest absolute Gasteiger partial charge is 0.305 e. The molecule has 5 nitrogen and oxygen atoms in total. The van der Waals surface area contributed by atoms with Crippen LogP contribution in [0.1, 0.15) is 142 Å². The van der Waals surface area contributed by atoms with E-state index in [1.165, 1.54) is 110 Å². The van der Waals surface area contributed by atoms with E-state index in [1.54, 1.807) is 0 Å². The molecule has 0 saturated heterocycles. The standard InChI is InChI=1S/C31H62N2O3/c1-4-6-8-10-12-16-20-24-32(25-21-17-13-11-9-7-5-2)27-28-33(29-30-34)26-22-18-14-15-19-23-31(35)36-3/h30H,4-29H2,1-3H3. The molecule has 0 fully saturated rings. The molecule has 0 aromatic rings. The lowest BCUT2D eigenvalue weighted by molar-refractivity contribution is -0.140. The molecule has 0 bridgehead atoms. The van der Waals surface area contributed by atoms with E-state index in [0.717, 1.165) is 58.0 Å². The average Bonchev–Trinajstić information content (AvgIpc) is 2.89. The molecule has 0 aromatic carbocycles. The molecule has 0 unspecified atom stereocenters. The molecule has 0 aliphatic heterocycles. The van der Waals surface area contributed by atoms with Crippen LogP contribution < -0.4 is 0 Å². The highest BCUT2D eigenvalue weighted by molar-refractivity contribution is 5.68. The van der Waals surface area contributed by atoms with Crippen LogP contribution in [0.25, 0.3) is 0 Å². The van der Waals surface area contributed by atoms with Crippen LogP contribution in [0.15, 0.2) is 0 Å². The van der Waals surface area contributed by atoms with Gasteiger partial charge in [-0.15, -0.1) is 0 Å². The van der Waals surface area contributed by atoms with Gasteiger partial charge in [-0.1, -0.05) is 110 Å². The van der Waals surface area contributed by atoms with E-state index in [9.17, 15) is 9.59 Å². The Labute approximate surface area is 225 Å². The molecule has 36 heavy (non-hydrogen) atoms. The Kier molecular flexibility index (Phi) is 27.9. The van der Waals surface area contributed by atoms with E-state index in [2.05, 4.69) is 23.6 Å². The van der Waals surface area contributed by atoms with Crippen LogP contribution >= 0.6 is 0 Å². The highest BCUT2D eigenvalue weighted by Gasteiger charge is 2.10. The number of rotatable bonds is 29. The summed E-state index contributed by atoms with van der Waals surface area (Å²) >= 11 is 0. The first kappa shape index (κ1) is 35.1. The number of methoxy groups -OCH3 is 1. The second-order valence-corrected chi connectivity index (χ2v) is 10.6. The molecule has 5 heteroatoms. The highest BCUT2D eigenvalue weighted by atomic mass is 16.5. The van der Waals surface area contributed by atoms with Crippen molar-refractivity contribution >= 4 is 12.3 Å². The zero-order valence-corrected chi connectivity index (χ0v) is 24.6. The number of hydrogen-bond donors (Lipinski definition) is 0. The Morgan fingerprint density at radius 2 is 0.944 bits per heavy atom. The van der Waals surface area contributed by atoms with E-state index in [4.69, 9.17) is 4.74 Å². The molecule has 0 rings (SSSR count). The maximum Gasteiger partial charge on any atom is 0.305 e. The minimum Gasteiger partial charge on any atom is -0.469 e. The van der Waals surface area contributed by atoms with Gasteiger partial charge in [0, 0.05) is 19.5 Å². The summed E-state index contributed by atoms with van der Waals surface area (Å²) in [6, 6.07) is 0. The second kappa shape index (κ2) is 28.6. The second-order valence-electron chi connectivity index (χ2n) is 10.6. The van der Waals surface area contributed by atoms with Crippen LogP contribution in [-0.2, 0) is 14.3 Å². The first-order valence-electron chi connectivity index (χ1n) is 15.6. The molecule has 214 valence electrons. The Bertz CT molecular complexity index is 455. The summed E-state index contributed by atoms with van der Waals surface area (Å²) in [5.74, 6) is -0.107. The first-order chi connectivity index (χ1) is 17.7. The number of unbranched alkanes of at least 4 members (excludes halogenated alkanes) is 16. The van der Waals surface area contributed by atoms with E-state index in [0.29, 0.717) is 13.0 Å². The maximum atomic E-state index is 11.3. The van der Waals surface area contributed by atoms with Gasteiger partial charge < -0.3 is 14.4 Å². The molecule has 0 N–H and O–H groups in total. The number of ether oxygens (including phenoxy) is 1. The van der Waals surface area contributed by atoms with Crippen molar-refractivity contribution in [2.45, 2.75) is 142 Å². The van der Waals surface area contributed by atoms with Crippen LogP contribution in [0.4, 0.5) is 0 Å². The molecule has 0 aromatic heterocycles. The highest BCUT2D eigenvalue weighted by Crippen LogP contribution is 2.11. The predicted octanol–water partition coefficient (Wildman–Crippen LogP) is 7.80. The molecular weight excluding hydrogens is 448 g/mol. The van der Waals surface area contributed by atoms with Crippen LogP contribution in [0.2, 0.25) is 0 Å². The SMILES string of the molecule is CCCCCCCCCN(CCCCCCCCC)CCN(CC=O)CCCCCCCC(=O)OC. The molecule has 0 heterocycles. The average molecular weight is 511 g/mol. The summed E-state index contributed by atoms with van der Waals surface area (Å²) in [7, 11) is 1.45. The number of hydrogen-bond acceptors (Lipinski definition) is 5. The minimum absolute atomic E-state index is 0.107. The van der Waals surface area contributed by atoms with E-state index in [1.807, 2.05) is 0 Å². The van der Waals surface area contributed by atoms with Gasteiger partial charge in [0.2, 0.25) is 0 Å². The fraction of sp³-hybridized carbons (Fsp3) is 0.935. The fourth-order valence-electron chi connectivity index (χ4n) is 4.84. The van der Waals surface area contributed by atoms with E-state index >= 15 is 0 Å². The summed E-state index contributed by atoms with van der Waals surface area (Å²) < 4.78 is 4.70. The van der Waals surface area contributed by atoms with Crippen molar-refractivity contribution in [3.05, 3.63) is 0 Å². The third-order valence-electron chi connectivity index (χ3n) is 7.30. The number of aldehydes is 1. The monoisotopic (exact) mass is 510 g/mol. The summed E-state index contributed by atoms with van der Waals surface area (Å²) in [5, 5.41) is 0. The van der Waals surface area contributed by atoms with Gasteiger partial charge in [0.1, 0.15) is 6.29 Å². The lowest BCUT2D eigenvalue weighted by atomic mass is 10.1. The number of esters is 1. The number of carbonyl (C=O) groups is 2. The molecule has 0 aliphatic carbocycles. The van der Waals surface area contributed by atoms with Crippen LogP contribution in [0, 0.1) is 0 Å². The predicted molar refractivity (Wildman–Crippen MR) is 155 cm³/mol. The van der Waals surface area contributed by atoms with Crippen molar-refractivity contribution in [1.29, 1.82) is 0 Å². The van der Waals surface area contributed by atoms with Crippen molar-refractivity contribution in [1.82, 2.24) is 9.80 Å². The Morgan fingerprint density at radius 3 is 1.39 bits per heavy atom. The third kappa shape index (κ3) is 24.7. The van der Waals surface area contributed by atoms with Crippen LogP contribution in [0.5, 0.6) is 0 Å². The van der Waals surface area contributed by atoms with Crippen LogP contribution in [-0.4, -0.2) is 68.4 Å². The van der Waals surface area contributed by atoms with Gasteiger partial charge in [-0.2, -0.15) is 0 Å². The van der Waals surface area contributed by atoms with Gasteiger partial charge in [-0.25, -0.2) is 0 Å². The quantitative estimate of drug-likeness (QED) is 0.0583. The lowest BCUT2D eigenvalue weighted by Gasteiger charge is -2.27. The Morgan fingerprint density at radius 1 is 0.556 bits per heavy atom. The summed E-state index contributed by atoms with van der Waals surface area (Å²) in [6.45, 7) is 10.6. The van der Waals surface area contributed by atoms with Gasteiger partial charge in [0.25, 0.3) is 0 Å². The third-order valence-corrected chi connectivity index (χ3v) is 7.30. The van der Waals surface area contributed by atoms with Gasteiger partial charge in [0.05, 0.1) is 13.7 Å². The van der Waals surface area contributed by atoms with E-state index in [-0.39, 0.29) is 5.97 Å². The molecule has 0 aliphatic rings. The summed E-state index contributed by atoms with van der Waals surface area (Å²) in [4.78, 5) is 27.5. The van der Waals surface area contributed by atoms with Gasteiger partial charge in [-0.3, -0.25) is 9.69 Å². The zero-order valence-electron chi connectivity index (χ0n) is 24.6. The summed E-state index contributed by atoms with van der Waals surface area (Å²) in [6.07, 6.45) is 26.1. The minimum atomic E-state index is -0.107. The number of nitrogens with zero attached hydrogens (tertiary/aromatic N) is 2. The largest absolute Gasteiger partial charge is 0.469 e. The topological polar surface area (TPSA) is 49.9 Å². The lowest BCUT2D eigenvalue weighted by Crippen LogP contribution is -2.37. The Balaban J connectivity index is 4.27. The van der Waals surface area contributed by atoms with Crippen molar-refractivity contribution in [3.63, 3.8) is 0 Å². The van der Waals surface area contributed by atoms with Gasteiger partial charge >= 0.3 is 5.97 Å². The molecule has 0 atom stereocenters. The van der Waals surface area contributed by atoms with Gasteiger partial charge in [0.15, 0.2) is 0 Å². The number of carbonyl (C=O) groups excluding carboxylic acids is 2. The maximum absolute atomic E-state index is 11.3. The molecule has 0 amide bonds. The van der Waals surface area contributed by atoms with E-state index < -0.39 is 0 Å². The normalized spacial score (nSPS) is 11.5. The Hall–Kier alpha value is -0.940. The summed E-state index contributed by atoms with van der Waals surface area (Å²) in [5.41, 5.74) is 0. The molecule has 0 spiro atoms. The molecule has 0 saturated carbocycles.